The van der Waals surface area contributed by atoms with Gasteiger partial charge in [0.2, 0.25) is 0 Å². The molecule has 0 fully saturated rings. The molecule has 0 unspecified atom stereocenters. The van der Waals surface area contributed by atoms with Gasteiger partial charge in [-0.3, -0.25) is 4.72 Å². The third kappa shape index (κ3) is 3.25. The van der Waals surface area contributed by atoms with Crippen LogP contribution < -0.4 is 10.5 Å². The monoisotopic (exact) mass is 424 g/mol. The minimum Gasteiger partial charge on any atom is -0.399 e. The molecule has 20 heavy (non-hydrogen) atoms. The second-order valence-electron chi connectivity index (χ2n) is 3.64. The van der Waals surface area contributed by atoms with Crippen LogP contribution in [0.4, 0.5) is 15.9 Å². The van der Waals surface area contributed by atoms with Crippen LogP contribution in [0.5, 0.6) is 0 Å². The summed E-state index contributed by atoms with van der Waals surface area (Å²) >= 11 is 5.97. The van der Waals surface area contributed by atoms with Gasteiger partial charge in [-0.25, -0.2) is 22.8 Å². The first-order valence-electron chi connectivity index (χ1n) is 5.04. The van der Waals surface area contributed by atoms with Crippen LogP contribution in [0.2, 0.25) is 0 Å². The van der Waals surface area contributed by atoms with Gasteiger partial charge in [-0.05, 0) is 44.0 Å². The van der Waals surface area contributed by atoms with Gasteiger partial charge < -0.3 is 5.73 Å². The largest absolute Gasteiger partial charge is 0.399 e. The van der Waals surface area contributed by atoms with E-state index < -0.39 is 20.7 Å². The highest BCUT2D eigenvalue weighted by Gasteiger charge is 2.22. The summed E-state index contributed by atoms with van der Waals surface area (Å²) in [7, 11) is -4.15. The van der Waals surface area contributed by atoms with Crippen molar-refractivity contribution in [3.05, 3.63) is 39.4 Å². The molecule has 1 heterocycles. The lowest BCUT2D eigenvalue weighted by Crippen LogP contribution is -2.16. The Balaban J connectivity index is 2.43. The maximum atomic E-state index is 13.9. The number of halogens is 3. The molecule has 2 aromatic rings. The highest BCUT2D eigenvalue weighted by molar-refractivity contribution is 9.10. The first kappa shape index (κ1) is 15.1. The van der Waals surface area contributed by atoms with Gasteiger partial charge in [0.05, 0.1) is 16.9 Å². The summed E-state index contributed by atoms with van der Waals surface area (Å²) in [6.45, 7) is 0. The number of sulfonamides is 1. The van der Waals surface area contributed by atoms with Crippen molar-refractivity contribution in [2.24, 2.45) is 0 Å². The lowest BCUT2D eigenvalue weighted by atomic mass is 10.3. The summed E-state index contributed by atoms with van der Waals surface area (Å²) in [5.41, 5.74) is 5.63. The lowest BCUT2D eigenvalue weighted by molar-refractivity contribution is 0.566. The van der Waals surface area contributed by atoms with Crippen molar-refractivity contribution in [2.45, 2.75) is 4.90 Å². The van der Waals surface area contributed by atoms with Crippen molar-refractivity contribution in [3.63, 3.8) is 0 Å². The molecular formula is C10H7Br2FN4O2S. The zero-order valence-electron chi connectivity index (χ0n) is 9.64. The molecule has 0 aliphatic heterocycles. The molecule has 0 amide bonds. The van der Waals surface area contributed by atoms with Gasteiger partial charge in [0.15, 0.2) is 11.6 Å². The van der Waals surface area contributed by atoms with E-state index in [4.69, 9.17) is 5.73 Å². The number of hydrogen-bond donors (Lipinski definition) is 2. The van der Waals surface area contributed by atoms with Gasteiger partial charge in [-0.1, -0.05) is 0 Å². The number of nitrogen functional groups attached to an aromatic ring is 1. The number of nitrogens with two attached hydrogens (primary N) is 1. The minimum absolute atomic E-state index is 0.0360. The Kier molecular flexibility index (Phi) is 4.25. The van der Waals surface area contributed by atoms with Crippen molar-refractivity contribution in [1.29, 1.82) is 0 Å². The van der Waals surface area contributed by atoms with Crippen LogP contribution in [-0.4, -0.2) is 18.4 Å². The molecule has 6 nitrogen and oxygen atoms in total. The van der Waals surface area contributed by atoms with E-state index in [1.165, 1.54) is 18.5 Å². The topological polar surface area (TPSA) is 98.0 Å². The SMILES string of the molecule is Nc1cc(Br)c(F)c(S(=O)(=O)Nc2cnc(Br)cn2)c1. The van der Waals surface area contributed by atoms with Gasteiger partial charge in [0, 0.05) is 5.69 Å². The van der Waals surface area contributed by atoms with E-state index in [1.807, 2.05) is 0 Å². The van der Waals surface area contributed by atoms with Crippen molar-refractivity contribution in [3.8, 4) is 0 Å². The summed E-state index contributed by atoms with van der Waals surface area (Å²) in [6, 6.07) is 2.29. The smallest absolute Gasteiger partial charge is 0.266 e. The van der Waals surface area contributed by atoms with Gasteiger partial charge >= 0.3 is 0 Å². The normalized spacial score (nSPS) is 11.3. The van der Waals surface area contributed by atoms with Gasteiger partial charge in [-0.2, -0.15) is 0 Å². The van der Waals surface area contributed by atoms with Crippen molar-refractivity contribution in [1.82, 2.24) is 9.97 Å². The molecule has 0 spiro atoms. The van der Waals surface area contributed by atoms with E-state index in [2.05, 4.69) is 46.5 Å². The maximum absolute atomic E-state index is 13.9. The Labute approximate surface area is 130 Å². The molecule has 0 saturated carbocycles. The molecule has 1 aromatic heterocycles. The summed E-state index contributed by atoms with van der Waals surface area (Å²) in [5.74, 6) is -0.970. The minimum atomic E-state index is -4.15. The molecule has 0 bridgehead atoms. The third-order valence-corrected chi connectivity index (χ3v) is 4.51. The summed E-state index contributed by atoms with van der Waals surface area (Å²) in [4.78, 5) is 7.04. The second kappa shape index (κ2) is 5.62. The van der Waals surface area contributed by atoms with Crippen molar-refractivity contribution in [2.75, 3.05) is 10.5 Å². The van der Waals surface area contributed by atoms with Crippen LogP contribution in [0.1, 0.15) is 0 Å². The summed E-state index contributed by atoms with van der Waals surface area (Å²) < 4.78 is 40.6. The number of aromatic nitrogens is 2. The Morgan fingerprint density at radius 3 is 2.50 bits per heavy atom. The maximum Gasteiger partial charge on any atom is 0.266 e. The molecular weight excluding hydrogens is 419 g/mol. The van der Waals surface area contributed by atoms with Crippen LogP contribution in [0.15, 0.2) is 38.5 Å². The van der Waals surface area contributed by atoms with Crippen LogP contribution >= 0.6 is 31.9 Å². The van der Waals surface area contributed by atoms with Crippen LogP contribution in [0.3, 0.4) is 0 Å². The number of rotatable bonds is 3. The van der Waals surface area contributed by atoms with Crippen LogP contribution in [0.25, 0.3) is 0 Å². The second-order valence-corrected chi connectivity index (χ2v) is 6.96. The highest BCUT2D eigenvalue weighted by Crippen LogP contribution is 2.27. The Bertz CT molecular complexity index is 753. The van der Waals surface area contributed by atoms with Crippen LogP contribution in [-0.2, 0) is 10.0 Å². The molecule has 0 radical (unpaired) electrons. The quantitative estimate of drug-likeness (QED) is 0.736. The molecule has 106 valence electrons. The first-order chi connectivity index (χ1) is 9.29. The zero-order chi connectivity index (χ0) is 14.9. The van der Waals surface area contributed by atoms with E-state index in [0.29, 0.717) is 4.60 Å². The van der Waals surface area contributed by atoms with Gasteiger partial charge in [-0.15, -0.1) is 0 Å². The molecule has 0 atom stereocenters. The molecule has 0 aliphatic carbocycles. The van der Waals surface area contributed by atoms with Crippen molar-refractivity contribution >= 4 is 53.4 Å². The summed E-state index contributed by atoms with van der Waals surface area (Å²) in [5, 5.41) is 0. The first-order valence-corrected chi connectivity index (χ1v) is 8.11. The number of hydrogen-bond acceptors (Lipinski definition) is 5. The molecule has 1 aromatic carbocycles. The van der Waals surface area contributed by atoms with Gasteiger partial charge in [0.25, 0.3) is 10.0 Å². The Morgan fingerprint density at radius 2 is 1.90 bits per heavy atom. The Hall–Kier alpha value is -1.26. The van der Waals surface area contributed by atoms with Gasteiger partial charge in [0.1, 0.15) is 9.50 Å². The Morgan fingerprint density at radius 1 is 1.20 bits per heavy atom. The number of anilines is 2. The molecule has 0 saturated heterocycles. The number of benzene rings is 1. The highest BCUT2D eigenvalue weighted by atomic mass is 79.9. The average molecular weight is 426 g/mol. The zero-order valence-corrected chi connectivity index (χ0v) is 13.6. The third-order valence-electron chi connectivity index (χ3n) is 2.17. The predicted molar refractivity (Wildman–Crippen MR) is 79.1 cm³/mol. The van der Waals surface area contributed by atoms with Crippen molar-refractivity contribution < 1.29 is 12.8 Å². The molecule has 3 N–H and O–H groups in total. The number of nitrogens with one attached hydrogen (secondary N) is 1. The number of nitrogens with zero attached hydrogens (tertiary/aromatic N) is 2. The fourth-order valence-corrected chi connectivity index (χ4v) is 3.28. The standard InChI is InChI=1S/C10H7Br2FN4O2S/c11-6-1-5(14)2-7(10(6)13)20(18,19)17-9-4-15-8(12)3-16-9/h1-4H,14H2,(H,16,17). The fraction of sp³-hybridized carbons (Fsp3) is 0. The average Bonchev–Trinajstić information content (AvgIpc) is 2.36. The molecule has 2 rings (SSSR count). The van der Waals surface area contributed by atoms with Crippen LogP contribution in [0, 0.1) is 5.82 Å². The van der Waals surface area contributed by atoms with E-state index >= 15 is 0 Å². The summed E-state index contributed by atoms with van der Waals surface area (Å²) in [6.07, 6.45) is 2.50. The predicted octanol–water partition coefficient (Wildman–Crippen LogP) is 2.52. The van der Waals surface area contributed by atoms with E-state index in [-0.39, 0.29) is 16.0 Å². The molecule has 10 heteroatoms. The fourth-order valence-electron chi connectivity index (χ4n) is 1.34. The lowest BCUT2D eigenvalue weighted by Gasteiger charge is -2.09. The van der Waals surface area contributed by atoms with E-state index in [9.17, 15) is 12.8 Å². The van der Waals surface area contributed by atoms with E-state index in [1.54, 1.807) is 0 Å². The molecule has 0 aliphatic rings. The van der Waals surface area contributed by atoms with E-state index in [0.717, 1.165) is 6.07 Å².